The number of benzene rings is 1. The summed E-state index contributed by atoms with van der Waals surface area (Å²) in [5, 5.41) is 13.6. The Labute approximate surface area is 168 Å². The van der Waals surface area contributed by atoms with Crippen LogP contribution in [-0.2, 0) is 0 Å². The van der Waals surface area contributed by atoms with Crippen molar-refractivity contribution < 1.29 is 14.6 Å². The van der Waals surface area contributed by atoms with Crippen molar-refractivity contribution in [3.05, 3.63) is 39.7 Å². The Kier molecular flexibility index (Phi) is 4.05. The number of pyridine rings is 1. The predicted molar refractivity (Wildman–Crippen MR) is 110 cm³/mol. The second kappa shape index (κ2) is 6.31. The number of methoxy groups -OCH3 is 1. The van der Waals surface area contributed by atoms with Crippen molar-refractivity contribution in [1.29, 1.82) is 0 Å². The van der Waals surface area contributed by atoms with Gasteiger partial charge >= 0.3 is 5.97 Å². The molecule has 0 bridgehead atoms. The molecule has 2 saturated carbocycles. The first-order valence-electron chi connectivity index (χ1n) is 10.4. The van der Waals surface area contributed by atoms with Crippen LogP contribution in [0.15, 0.2) is 23.1 Å². The summed E-state index contributed by atoms with van der Waals surface area (Å²) in [6.45, 7) is 2.99. The molecule has 29 heavy (non-hydrogen) atoms. The molecule has 3 aliphatic rings. The van der Waals surface area contributed by atoms with Gasteiger partial charge in [0.15, 0.2) is 0 Å². The Morgan fingerprint density at radius 1 is 1.38 bits per heavy atom. The summed E-state index contributed by atoms with van der Waals surface area (Å²) < 4.78 is 7.80. The lowest BCUT2D eigenvalue weighted by Crippen LogP contribution is -2.28. The molecule has 4 N–H and O–H groups in total. The summed E-state index contributed by atoms with van der Waals surface area (Å²) in [6.07, 6.45) is 5.53. The zero-order valence-corrected chi connectivity index (χ0v) is 16.8. The van der Waals surface area contributed by atoms with E-state index in [1.165, 1.54) is 6.20 Å². The first-order chi connectivity index (χ1) is 13.9. The summed E-state index contributed by atoms with van der Waals surface area (Å²) in [6, 6.07) is 4.12. The minimum atomic E-state index is -1.19. The molecule has 3 fully saturated rings. The van der Waals surface area contributed by atoms with Gasteiger partial charge in [-0.1, -0.05) is 6.07 Å². The van der Waals surface area contributed by atoms with E-state index < -0.39 is 11.4 Å². The van der Waals surface area contributed by atoms with Crippen LogP contribution in [0.2, 0.25) is 0 Å². The molecule has 4 atom stereocenters. The van der Waals surface area contributed by atoms with Crippen LogP contribution in [0.3, 0.4) is 0 Å². The van der Waals surface area contributed by atoms with Gasteiger partial charge in [-0.2, -0.15) is 0 Å². The van der Waals surface area contributed by atoms with Gasteiger partial charge in [0, 0.05) is 41.8 Å². The van der Waals surface area contributed by atoms with E-state index >= 15 is 0 Å². The van der Waals surface area contributed by atoms with Gasteiger partial charge in [0.1, 0.15) is 11.3 Å². The minimum absolute atomic E-state index is 0.0605. The third kappa shape index (κ3) is 2.79. The Morgan fingerprint density at radius 3 is 2.72 bits per heavy atom. The maximum atomic E-state index is 12.8. The van der Waals surface area contributed by atoms with Gasteiger partial charge in [0.05, 0.1) is 18.0 Å². The van der Waals surface area contributed by atoms with Crippen LogP contribution in [0.25, 0.3) is 10.9 Å². The number of carboxylic acids is 1. The van der Waals surface area contributed by atoms with Crippen LogP contribution in [0.1, 0.15) is 60.5 Å². The number of aromatic carboxylic acids is 1. The van der Waals surface area contributed by atoms with Crippen molar-refractivity contribution in [3.63, 3.8) is 0 Å². The standard InChI is InChI=1S/C22H27N3O4/c1-11(23)12-7-22(24-9-12)8-17(22)14-5-6-15-18(20(14)29-2)25(13-3-4-13)10-16(19(15)26)21(27)28/h5-6,10-13,17,24H,3-4,7-9,23H2,1-2H3,(H,27,28)/t11-,12?,17?,22?/m0/s1. The molecule has 1 spiro atoms. The highest BCUT2D eigenvalue weighted by Crippen LogP contribution is 2.59. The van der Waals surface area contributed by atoms with Crippen molar-refractivity contribution in [2.24, 2.45) is 11.7 Å². The van der Waals surface area contributed by atoms with Crippen LogP contribution >= 0.6 is 0 Å². The lowest BCUT2D eigenvalue weighted by molar-refractivity contribution is 0.0695. The topological polar surface area (TPSA) is 107 Å². The molecular weight excluding hydrogens is 370 g/mol. The molecule has 2 heterocycles. The number of fused-ring (bicyclic) bond motifs is 1. The van der Waals surface area contributed by atoms with Crippen LogP contribution < -0.4 is 21.2 Å². The summed E-state index contributed by atoms with van der Waals surface area (Å²) in [4.78, 5) is 24.4. The van der Waals surface area contributed by atoms with E-state index in [1.54, 1.807) is 13.2 Å². The Bertz CT molecular complexity index is 1070. The molecule has 7 nitrogen and oxygen atoms in total. The van der Waals surface area contributed by atoms with Crippen molar-refractivity contribution in [2.45, 2.75) is 56.1 Å². The maximum Gasteiger partial charge on any atom is 0.341 e. The summed E-state index contributed by atoms with van der Waals surface area (Å²) in [5.74, 6) is 0.297. The Morgan fingerprint density at radius 2 is 2.14 bits per heavy atom. The number of hydrogen-bond donors (Lipinski definition) is 3. The number of rotatable bonds is 5. The predicted octanol–water partition coefficient (Wildman–Crippen LogP) is 2.23. The van der Waals surface area contributed by atoms with Crippen LogP contribution in [0.5, 0.6) is 5.75 Å². The summed E-state index contributed by atoms with van der Waals surface area (Å²) in [5.41, 5.74) is 7.38. The van der Waals surface area contributed by atoms with Gasteiger partial charge in [-0.05, 0) is 44.6 Å². The Hall–Kier alpha value is -2.38. The van der Waals surface area contributed by atoms with Gasteiger partial charge in [0.25, 0.3) is 0 Å². The van der Waals surface area contributed by atoms with Gasteiger partial charge in [0.2, 0.25) is 5.43 Å². The van der Waals surface area contributed by atoms with Crippen LogP contribution in [0, 0.1) is 5.92 Å². The highest BCUT2D eigenvalue weighted by Gasteiger charge is 2.59. The fourth-order valence-corrected chi connectivity index (χ4v) is 5.17. The first kappa shape index (κ1) is 18.6. The number of aromatic nitrogens is 1. The zero-order valence-electron chi connectivity index (χ0n) is 16.8. The number of nitrogens with one attached hydrogen (secondary N) is 1. The van der Waals surface area contributed by atoms with Crippen molar-refractivity contribution >= 4 is 16.9 Å². The molecule has 5 rings (SSSR count). The first-order valence-corrected chi connectivity index (χ1v) is 10.4. The molecule has 1 aromatic carbocycles. The molecular formula is C22H27N3O4. The molecule has 3 unspecified atom stereocenters. The van der Waals surface area contributed by atoms with E-state index in [4.69, 9.17) is 10.5 Å². The average molecular weight is 397 g/mol. The highest BCUT2D eigenvalue weighted by atomic mass is 16.5. The number of nitrogens with two attached hydrogens (primary N) is 1. The van der Waals surface area contributed by atoms with Crippen LogP contribution in [0.4, 0.5) is 0 Å². The SMILES string of the molecule is COc1c(C2CC23CC([C@H](C)N)CN3)ccc2c(=O)c(C(=O)O)cn(C3CC3)c12. The average Bonchev–Trinajstić information content (AvgIpc) is 3.58. The van der Waals surface area contributed by atoms with E-state index in [1.807, 2.05) is 10.6 Å². The molecule has 0 amide bonds. The van der Waals surface area contributed by atoms with E-state index in [0.717, 1.165) is 43.3 Å². The number of hydrogen-bond acceptors (Lipinski definition) is 5. The van der Waals surface area contributed by atoms with Gasteiger partial charge in [-0.25, -0.2) is 4.79 Å². The third-order valence-electron chi connectivity index (χ3n) is 7.09. The molecule has 0 radical (unpaired) electrons. The summed E-state index contributed by atoms with van der Waals surface area (Å²) in [7, 11) is 1.63. The molecule has 7 heteroatoms. The van der Waals surface area contributed by atoms with E-state index in [9.17, 15) is 14.7 Å². The second-order valence-corrected chi connectivity index (χ2v) is 9.02. The molecule has 1 saturated heterocycles. The molecule has 154 valence electrons. The van der Waals surface area contributed by atoms with E-state index in [2.05, 4.69) is 12.2 Å². The van der Waals surface area contributed by atoms with Crippen molar-refractivity contribution in [1.82, 2.24) is 9.88 Å². The molecule has 2 aliphatic carbocycles. The lowest BCUT2D eigenvalue weighted by atomic mass is 9.94. The van der Waals surface area contributed by atoms with Gasteiger partial charge < -0.3 is 25.5 Å². The second-order valence-electron chi connectivity index (χ2n) is 9.02. The molecule has 1 aliphatic heterocycles. The number of carbonyl (C=O) groups is 1. The van der Waals surface area contributed by atoms with E-state index in [-0.39, 0.29) is 23.2 Å². The minimum Gasteiger partial charge on any atom is -0.494 e. The third-order valence-corrected chi connectivity index (χ3v) is 7.09. The lowest BCUT2D eigenvalue weighted by Gasteiger charge is -2.19. The summed E-state index contributed by atoms with van der Waals surface area (Å²) >= 11 is 0. The fraction of sp³-hybridized carbons (Fsp3) is 0.545. The highest BCUT2D eigenvalue weighted by molar-refractivity contribution is 5.95. The van der Waals surface area contributed by atoms with E-state index in [0.29, 0.717) is 23.0 Å². The van der Waals surface area contributed by atoms with Gasteiger partial charge in [-0.3, -0.25) is 4.79 Å². The van der Waals surface area contributed by atoms with Crippen molar-refractivity contribution in [3.8, 4) is 5.75 Å². The van der Waals surface area contributed by atoms with Crippen LogP contribution in [-0.4, -0.2) is 40.9 Å². The fourth-order valence-electron chi connectivity index (χ4n) is 5.17. The monoisotopic (exact) mass is 397 g/mol. The number of carboxylic acid groups (broad SMARTS) is 1. The maximum absolute atomic E-state index is 12.8. The number of ether oxygens (including phenoxy) is 1. The Balaban J connectivity index is 1.64. The molecule has 1 aromatic heterocycles. The zero-order chi connectivity index (χ0) is 20.5. The largest absolute Gasteiger partial charge is 0.494 e. The van der Waals surface area contributed by atoms with Gasteiger partial charge in [-0.15, -0.1) is 0 Å². The molecule has 2 aromatic rings. The smallest absolute Gasteiger partial charge is 0.341 e. The normalized spacial score (nSPS) is 29.3. The van der Waals surface area contributed by atoms with Crippen molar-refractivity contribution in [2.75, 3.05) is 13.7 Å². The number of nitrogens with zero attached hydrogens (tertiary/aromatic N) is 1. The quantitative estimate of drug-likeness (QED) is 0.714.